The number of nitrogens with one attached hydrogen (secondary N) is 2. The number of hydrogen-bond donors (Lipinski definition) is 2. The van der Waals surface area contributed by atoms with E-state index in [1.165, 1.54) is 0 Å². The molecule has 4 heterocycles. The summed E-state index contributed by atoms with van der Waals surface area (Å²) in [6.45, 7) is 0.476. The predicted octanol–water partition coefficient (Wildman–Crippen LogP) is 4.20. The van der Waals surface area contributed by atoms with E-state index in [-0.39, 0.29) is 5.69 Å². The number of fused-ring (bicyclic) bond motifs is 2. The summed E-state index contributed by atoms with van der Waals surface area (Å²) in [6.07, 6.45) is 3.34. The van der Waals surface area contributed by atoms with Gasteiger partial charge < -0.3 is 9.97 Å². The van der Waals surface area contributed by atoms with Crippen LogP contribution in [0.2, 0.25) is 10.0 Å². The van der Waals surface area contributed by atoms with E-state index in [1.807, 2.05) is 47.1 Å². The van der Waals surface area contributed by atoms with Crippen LogP contribution in [0.3, 0.4) is 0 Å². The summed E-state index contributed by atoms with van der Waals surface area (Å²) in [7, 11) is 0. The fourth-order valence-electron chi connectivity index (χ4n) is 3.83. The number of rotatable bonds is 4. The van der Waals surface area contributed by atoms with E-state index in [0.717, 1.165) is 28.2 Å². The highest BCUT2D eigenvalue weighted by Gasteiger charge is 2.15. The van der Waals surface area contributed by atoms with Gasteiger partial charge in [-0.05, 0) is 48.5 Å². The lowest BCUT2D eigenvalue weighted by atomic mass is 10.1. The largest absolute Gasteiger partial charge is 0.323 e. The molecule has 0 saturated carbocycles. The molecule has 0 amide bonds. The van der Waals surface area contributed by atoms with Gasteiger partial charge in [0, 0.05) is 18.0 Å². The first kappa shape index (κ1) is 19.7. The van der Waals surface area contributed by atoms with Crippen LogP contribution in [-0.4, -0.2) is 39.7 Å². The highest BCUT2D eigenvalue weighted by Crippen LogP contribution is 2.31. The Labute approximate surface area is 195 Å². The molecular weight excluding hydrogens is 463 g/mol. The van der Waals surface area contributed by atoms with Crippen molar-refractivity contribution in [2.45, 2.75) is 6.54 Å². The number of nitrogens with zero attached hydrogens (tertiary/aromatic N) is 6. The van der Waals surface area contributed by atoms with Gasteiger partial charge in [0.2, 0.25) is 0 Å². The number of hydrogen-bond acceptors (Lipinski definition) is 5. The summed E-state index contributed by atoms with van der Waals surface area (Å²) in [5.41, 5.74) is 5.74. The highest BCUT2D eigenvalue weighted by atomic mass is 35.5. The molecule has 33 heavy (non-hydrogen) atoms. The fraction of sp³-hybridized carbons (Fsp3) is 0.0455. The van der Waals surface area contributed by atoms with E-state index in [2.05, 4.69) is 30.4 Å². The molecule has 0 bridgehead atoms. The molecule has 6 rings (SSSR count). The van der Waals surface area contributed by atoms with E-state index >= 15 is 0 Å². The Morgan fingerprint density at radius 1 is 0.970 bits per heavy atom. The number of benzene rings is 2. The lowest BCUT2D eigenvalue weighted by Gasteiger charge is -2.09. The Bertz CT molecular complexity index is 1690. The van der Waals surface area contributed by atoms with Crippen LogP contribution in [-0.2, 0) is 6.54 Å². The van der Waals surface area contributed by atoms with E-state index in [4.69, 9.17) is 23.2 Å². The van der Waals surface area contributed by atoms with Crippen molar-refractivity contribution in [2.75, 3.05) is 0 Å². The third-order valence-electron chi connectivity index (χ3n) is 5.36. The van der Waals surface area contributed by atoms with Crippen LogP contribution < -0.4 is 5.69 Å². The van der Waals surface area contributed by atoms with Crippen LogP contribution in [0.15, 0.2) is 65.7 Å². The Morgan fingerprint density at radius 3 is 2.70 bits per heavy atom. The normalized spacial score (nSPS) is 11.6. The van der Waals surface area contributed by atoms with Crippen LogP contribution in [0.1, 0.15) is 5.69 Å². The maximum absolute atomic E-state index is 11.6. The predicted molar refractivity (Wildman–Crippen MR) is 126 cm³/mol. The third kappa shape index (κ3) is 3.47. The van der Waals surface area contributed by atoms with Gasteiger partial charge in [0.05, 0.1) is 50.2 Å². The lowest BCUT2D eigenvalue weighted by molar-refractivity contribution is 0.680. The van der Waals surface area contributed by atoms with Crippen LogP contribution in [0.5, 0.6) is 0 Å². The zero-order valence-corrected chi connectivity index (χ0v) is 18.3. The molecule has 4 aromatic heterocycles. The molecule has 0 spiro atoms. The van der Waals surface area contributed by atoms with Crippen molar-refractivity contribution in [3.05, 3.63) is 87.1 Å². The van der Waals surface area contributed by atoms with Crippen LogP contribution >= 0.6 is 23.2 Å². The van der Waals surface area contributed by atoms with Gasteiger partial charge in [0.15, 0.2) is 0 Å². The SMILES string of the molecule is O=c1[nH]c2ccc(-n3nnc4c(Cl)cc(-c5ccnn5Cc5ccc(Cl)cn5)cc43)cc2[nH]1. The molecule has 0 radical (unpaired) electrons. The van der Waals surface area contributed by atoms with E-state index in [9.17, 15) is 4.79 Å². The number of halogens is 2. The summed E-state index contributed by atoms with van der Waals surface area (Å²) < 4.78 is 3.54. The second-order valence-electron chi connectivity index (χ2n) is 7.48. The van der Waals surface area contributed by atoms with Crippen molar-refractivity contribution in [2.24, 2.45) is 0 Å². The summed E-state index contributed by atoms with van der Waals surface area (Å²) >= 11 is 12.5. The lowest BCUT2D eigenvalue weighted by Crippen LogP contribution is -2.05. The summed E-state index contributed by atoms with van der Waals surface area (Å²) in [6, 6.07) is 14.9. The average Bonchev–Trinajstić information content (AvgIpc) is 3.52. The Kier molecular flexibility index (Phi) is 4.53. The van der Waals surface area contributed by atoms with Gasteiger partial charge in [-0.2, -0.15) is 5.10 Å². The second-order valence-corrected chi connectivity index (χ2v) is 8.32. The van der Waals surface area contributed by atoms with E-state index < -0.39 is 0 Å². The topological polar surface area (TPSA) is 110 Å². The minimum Gasteiger partial charge on any atom is -0.306 e. The first-order chi connectivity index (χ1) is 16.0. The maximum Gasteiger partial charge on any atom is 0.323 e. The Morgan fingerprint density at radius 2 is 1.85 bits per heavy atom. The van der Waals surface area contributed by atoms with Gasteiger partial charge in [0.25, 0.3) is 0 Å². The number of aromatic nitrogens is 8. The highest BCUT2D eigenvalue weighted by molar-refractivity contribution is 6.35. The average molecular weight is 477 g/mol. The van der Waals surface area contributed by atoms with Crippen molar-refractivity contribution in [3.8, 4) is 16.9 Å². The van der Waals surface area contributed by atoms with Crippen LogP contribution in [0.25, 0.3) is 39.0 Å². The van der Waals surface area contributed by atoms with Gasteiger partial charge in [-0.3, -0.25) is 9.67 Å². The molecule has 0 fully saturated rings. The van der Waals surface area contributed by atoms with Gasteiger partial charge in [-0.25, -0.2) is 9.48 Å². The van der Waals surface area contributed by atoms with E-state index in [0.29, 0.717) is 33.1 Å². The molecule has 6 aromatic rings. The Hall–Kier alpha value is -3.95. The molecule has 0 atom stereocenters. The zero-order valence-electron chi connectivity index (χ0n) is 16.8. The van der Waals surface area contributed by atoms with Crippen molar-refractivity contribution >= 4 is 45.3 Å². The molecule has 0 aliphatic heterocycles. The van der Waals surface area contributed by atoms with Gasteiger partial charge >= 0.3 is 5.69 Å². The minimum atomic E-state index is -0.264. The number of pyridine rings is 1. The maximum atomic E-state index is 11.6. The molecule has 11 heteroatoms. The molecule has 0 saturated heterocycles. The van der Waals surface area contributed by atoms with Crippen molar-refractivity contribution < 1.29 is 0 Å². The van der Waals surface area contributed by atoms with E-state index in [1.54, 1.807) is 23.1 Å². The standard InChI is InChI=1S/C22H14Cl2N8O/c23-13-1-2-14(25-10-13)11-31-19(5-6-26-31)12-7-16(24)21-20(8-12)32(30-29-21)15-3-4-17-18(9-15)28-22(33)27-17/h1-10H,11H2,(H2,27,28,33). The third-order valence-corrected chi connectivity index (χ3v) is 5.87. The van der Waals surface area contributed by atoms with Gasteiger partial charge in [0.1, 0.15) is 5.52 Å². The van der Waals surface area contributed by atoms with Crippen molar-refractivity contribution in [1.82, 2.24) is 39.7 Å². The summed E-state index contributed by atoms with van der Waals surface area (Å²) in [4.78, 5) is 21.5. The molecular formula is C22H14Cl2N8O. The molecule has 2 N–H and O–H groups in total. The molecule has 0 unspecified atom stereocenters. The monoisotopic (exact) mass is 476 g/mol. The van der Waals surface area contributed by atoms with Crippen molar-refractivity contribution in [3.63, 3.8) is 0 Å². The Balaban J connectivity index is 1.45. The number of aromatic amines is 2. The quantitative estimate of drug-likeness (QED) is 0.396. The van der Waals surface area contributed by atoms with Crippen molar-refractivity contribution in [1.29, 1.82) is 0 Å². The summed E-state index contributed by atoms with van der Waals surface area (Å²) in [5.74, 6) is 0. The number of H-pyrrole nitrogens is 2. The molecule has 2 aromatic carbocycles. The first-order valence-electron chi connectivity index (χ1n) is 9.95. The van der Waals surface area contributed by atoms with Crippen LogP contribution in [0.4, 0.5) is 0 Å². The molecule has 162 valence electrons. The smallest absolute Gasteiger partial charge is 0.306 e. The summed E-state index contributed by atoms with van der Waals surface area (Å²) in [5, 5.41) is 14.1. The molecule has 0 aliphatic carbocycles. The van der Waals surface area contributed by atoms with Gasteiger partial charge in [-0.15, -0.1) is 5.10 Å². The van der Waals surface area contributed by atoms with Crippen LogP contribution in [0, 0.1) is 0 Å². The molecule has 0 aliphatic rings. The zero-order chi connectivity index (χ0) is 22.5. The second kappa shape index (κ2) is 7.58. The van der Waals surface area contributed by atoms with Gasteiger partial charge in [-0.1, -0.05) is 28.4 Å². The number of imidazole rings is 1. The molecule has 9 nitrogen and oxygen atoms in total. The minimum absolute atomic E-state index is 0.264. The first-order valence-corrected chi connectivity index (χ1v) is 10.7. The fourth-order valence-corrected chi connectivity index (χ4v) is 4.19.